The maximum Gasteiger partial charge on any atom is 0.141 e. The summed E-state index contributed by atoms with van der Waals surface area (Å²) in [6.07, 6.45) is 2.40. The molecule has 2 rings (SSSR count). The van der Waals surface area contributed by atoms with Crippen molar-refractivity contribution in [3.8, 4) is 5.75 Å². The molecule has 0 spiro atoms. The first-order valence-corrected chi connectivity index (χ1v) is 7.21. The van der Waals surface area contributed by atoms with E-state index < -0.39 is 0 Å². The van der Waals surface area contributed by atoms with Gasteiger partial charge in [0.25, 0.3) is 0 Å². The minimum atomic E-state index is -0.323. The van der Waals surface area contributed by atoms with Crippen molar-refractivity contribution in [3.63, 3.8) is 0 Å². The SMILES string of the molecule is CNC(c1cc(Br)c(F)cc1OC)C1CCC(C)O1. The summed E-state index contributed by atoms with van der Waals surface area (Å²) >= 11 is 3.23. The molecule has 1 saturated heterocycles. The van der Waals surface area contributed by atoms with Gasteiger partial charge in [-0.2, -0.15) is 0 Å². The predicted octanol–water partition coefficient (Wildman–Crippen LogP) is 3.42. The fraction of sp³-hybridized carbons (Fsp3) is 0.571. The molecule has 1 aromatic rings. The number of hydrogen-bond acceptors (Lipinski definition) is 3. The summed E-state index contributed by atoms with van der Waals surface area (Å²) in [7, 11) is 3.44. The molecule has 0 aliphatic carbocycles. The minimum absolute atomic E-state index is 0.00296. The summed E-state index contributed by atoms with van der Waals surface area (Å²) in [5.41, 5.74) is 0.914. The van der Waals surface area contributed by atoms with Gasteiger partial charge in [0.2, 0.25) is 0 Å². The highest BCUT2D eigenvalue weighted by atomic mass is 79.9. The number of halogens is 2. The average molecular weight is 332 g/mol. The van der Waals surface area contributed by atoms with Crippen LogP contribution >= 0.6 is 15.9 Å². The monoisotopic (exact) mass is 331 g/mol. The highest BCUT2D eigenvalue weighted by Gasteiger charge is 2.31. The second kappa shape index (κ2) is 6.20. The molecule has 5 heteroatoms. The van der Waals surface area contributed by atoms with Crippen molar-refractivity contribution in [2.24, 2.45) is 0 Å². The van der Waals surface area contributed by atoms with Crippen LogP contribution < -0.4 is 10.1 Å². The van der Waals surface area contributed by atoms with Crippen molar-refractivity contribution >= 4 is 15.9 Å². The van der Waals surface area contributed by atoms with E-state index in [0.29, 0.717) is 10.2 Å². The smallest absolute Gasteiger partial charge is 0.141 e. The molecule has 1 aliphatic rings. The molecule has 0 saturated carbocycles. The predicted molar refractivity (Wildman–Crippen MR) is 76.0 cm³/mol. The molecule has 0 aromatic heterocycles. The summed E-state index contributed by atoms with van der Waals surface area (Å²) in [4.78, 5) is 0. The normalized spacial score (nSPS) is 24.5. The Morgan fingerprint density at radius 1 is 1.47 bits per heavy atom. The lowest BCUT2D eigenvalue weighted by Crippen LogP contribution is -2.30. The lowest BCUT2D eigenvalue weighted by atomic mass is 9.98. The number of nitrogens with one attached hydrogen (secondary N) is 1. The second-order valence-corrected chi connectivity index (χ2v) is 5.69. The first-order valence-electron chi connectivity index (χ1n) is 6.42. The van der Waals surface area contributed by atoms with Crippen LogP contribution in [-0.4, -0.2) is 26.4 Å². The van der Waals surface area contributed by atoms with E-state index in [1.165, 1.54) is 6.07 Å². The fourth-order valence-corrected chi connectivity index (χ4v) is 2.95. The van der Waals surface area contributed by atoms with Gasteiger partial charge in [-0.05, 0) is 48.8 Å². The topological polar surface area (TPSA) is 30.5 Å². The highest BCUT2D eigenvalue weighted by molar-refractivity contribution is 9.10. The van der Waals surface area contributed by atoms with Crippen LogP contribution in [0.2, 0.25) is 0 Å². The molecule has 3 unspecified atom stereocenters. The summed E-state index contributed by atoms with van der Waals surface area (Å²) in [6.45, 7) is 2.07. The maximum absolute atomic E-state index is 13.6. The van der Waals surface area contributed by atoms with E-state index in [0.717, 1.165) is 18.4 Å². The first-order chi connectivity index (χ1) is 9.06. The molecule has 1 fully saturated rings. The zero-order valence-corrected chi connectivity index (χ0v) is 13.0. The second-order valence-electron chi connectivity index (χ2n) is 4.84. The zero-order chi connectivity index (χ0) is 14.0. The van der Waals surface area contributed by atoms with Crippen LogP contribution in [0, 0.1) is 5.82 Å². The van der Waals surface area contributed by atoms with Crippen LogP contribution in [0.3, 0.4) is 0 Å². The van der Waals surface area contributed by atoms with Crippen LogP contribution in [0.25, 0.3) is 0 Å². The third-order valence-corrected chi connectivity index (χ3v) is 4.16. The Morgan fingerprint density at radius 3 is 2.74 bits per heavy atom. The van der Waals surface area contributed by atoms with Crippen LogP contribution in [0.15, 0.2) is 16.6 Å². The van der Waals surface area contributed by atoms with Crippen molar-refractivity contribution in [1.82, 2.24) is 5.32 Å². The molecule has 106 valence electrons. The summed E-state index contributed by atoms with van der Waals surface area (Å²) in [6, 6.07) is 3.17. The van der Waals surface area contributed by atoms with Crippen molar-refractivity contribution in [3.05, 3.63) is 28.0 Å². The Labute approximate surface area is 121 Å². The largest absolute Gasteiger partial charge is 0.496 e. The summed E-state index contributed by atoms with van der Waals surface area (Å²) in [5, 5.41) is 3.25. The van der Waals surface area contributed by atoms with Gasteiger partial charge in [0.15, 0.2) is 0 Å². The zero-order valence-electron chi connectivity index (χ0n) is 11.4. The molecular formula is C14H19BrFNO2. The van der Waals surface area contributed by atoms with E-state index in [2.05, 4.69) is 28.2 Å². The van der Waals surface area contributed by atoms with Gasteiger partial charge in [-0.3, -0.25) is 0 Å². The minimum Gasteiger partial charge on any atom is -0.496 e. The molecule has 3 nitrogen and oxygen atoms in total. The van der Waals surface area contributed by atoms with Gasteiger partial charge >= 0.3 is 0 Å². The standard InChI is InChI=1S/C14H19BrFNO2/c1-8-4-5-12(19-8)14(17-2)9-6-10(15)11(16)7-13(9)18-3/h6-8,12,14,17H,4-5H2,1-3H3. The Bertz CT molecular complexity index is 455. The van der Waals surface area contributed by atoms with Gasteiger partial charge in [-0.15, -0.1) is 0 Å². The molecule has 1 aromatic carbocycles. The van der Waals surface area contributed by atoms with Crippen molar-refractivity contribution < 1.29 is 13.9 Å². The number of likely N-dealkylation sites (N-methyl/N-ethyl adjacent to an activating group) is 1. The number of methoxy groups -OCH3 is 1. The Hall–Kier alpha value is -0.650. The molecule has 1 N–H and O–H groups in total. The van der Waals surface area contributed by atoms with Gasteiger partial charge in [0.05, 0.1) is 29.8 Å². The number of rotatable bonds is 4. The Kier molecular flexibility index (Phi) is 4.81. The fourth-order valence-electron chi connectivity index (χ4n) is 2.58. The van der Waals surface area contributed by atoms with Gasteiger partial charge in [0, 0.05) is 11.6 Å². The summed E-state index contributed by atoms with van der Waals surface area (Å²) in [5.74, 6) is 0.222. The number of ether oxygens (including phenoxy) is 2. The number of hydrogen-bond donors (Lipinski definition) is 1. The van der Waals surface area contributed by atoms with E-state index >= 15 is 0 Å². The van der Waals surface area contributed by atoms with Crippen molar-refractivity contribution in [2.45, 2.75) is 38.0 Å². The lowest BCUT2D eigenvalue weighted by Gasteiger charge is -2.25. The van der Waals surface area contributed by atoms with E-state index in [-0.39, 0.29) is 24.1 Å². The molecule has 0 bridgehead atoms. The Balaban J connectivity index is 2.34. The Morgan fingerprint density at radius 2 is 2.21 bits per heavy atom. The van der Waals surface area contributed by atoms with Gasteiger partial charge < -0.3 is 14.8 Å². The average Bonchev–Trinajstić information content (AvgIpc) is 2.81. The van der Waals surface area contributed by atoms with E-state index in [1.54, 1.807) is 13.2 Å². The van der Waals surface area contributed by atoms with Gasteiger partial charge in [0.1, 0.15) is 11.6 Å². The van der Waals surface area contributed by atoms with Crippen molar-refractivity contribution in [2.75, 3.05) is 14.2 Å². The van der Waals surface area contributed by atoms with Gasteiger partial charge in [-0.25, -0.2) is 4.39 Å². The molecular weight excluding hydrogens is 313 g/mol. The first kappa shape index (κ1) is 14.8. The molecule has 1 heterocycles. The van der Waals surface area contributed by atoms with Crippen LogP contribution in [0.5, 0.6) is 5.75 Å². The molecule has 0 radical (unpaired) electrons. The maximum atomic E-state index is 13.6. The van der Waals surface area contributed by atoms with Gasteiger partial charge in [-0.1, -0.05) is 0 Å². The molecule has 0 amide bonds. The molecule has 1 aliphatic heterocycles. The summed E-state index contributed by atoms with van der Waals surface area (Å²) < 4.78 is 25.2. The third kappa shape index (κ3) is 3.09. The van der Waals surface area contributed by atoms with Crippen LogP contribution in [0.1, 0.15) is 31.4 Å². The lowest BCUT2D eigenvalue weighted by molar-refractivity contribution is 0.0327. The van der Waals surface area contributed by atoms with E-state index in [9.17, 15) is 4.39 Å². The van der Waals surface area contributed by atoms with Crippen LogP contribution in [0.4, 0.5) is 4.39 Å². The highest BCUT2D eigenvalue weighted by Crippen LogP contribution is 2.36. The van der Waals surface area contributed by atoms with E-state index in [4.69, 9.17) is 9.47 Å². The third-order valence-electron chi connectivity index (χ3n) is 3.56. The molecule has 3 atom stereocenters. The van der Waals surface area contributed by atoms with Crippen LogP contribution in [-0.2, 0) is 4.74 Å². The van der Waals surface area contributed by atoms with E-state index in [1.807, 2.05) is 7.05 Å². The quantitative estimate of drug-likeness (QED) is 0.916. The number of benzene rings is 1. The van der Waals surface area contributed by atoms with Crippen molar-refractivity contribution in [1.29, 1.82) is 0 Å². The molecule has 19 heavy (non-hydrogen) atoms.